The molecule has 0 spiro atoms. The summed E-state index contributed by atoms with van der Waals surface area (Å²) in [4.78, 5) is 39.7. The molecule has 12 heteroatoms. The van der Waals surface area contributed by atoms with Crippen LogP contribution in [0.2, 0.25) is 0 Å². The summed E-state index contributed by atoms with van der Waals surface area (Å²) in [5.41, 5.74) is 0.0789. The third-order valence-corrected chi connectivity index (χ3v) is 11.8. The summed E-state index contributed by atoms with van der Waals surface area (Å²) in [6.45, 7) is 3.11. The Hall–Kier alpha value is -4.75. The Morgan fingerprint density at radius 1 is 0.726 bits per heavy atom. The monoisotopic (exact) mass is 856 g/mol. The first-order valence-corrected chi connectivity index (χ1v) is 22.8. The first kappa shape index (κ1) is 48.3. The van der Waals surface area contributed by atoms with Crippen molar-refractivity contribution in [2.75, 3.05) is 34.0 Å². The predicted molar refractivity (Wildman–Crippen MR) is 242 cm³/mol. The lowest BCUT2D eigenvalue weighted by Crippen LogP contribution is -2.41. The van der Waals surface area contributed by atoms with Gasteiger partial charge in [0, 0.05) is 31.8 Å². The van der Waals surface area contributed by atoms with Gasteiger partial charge in [0.1, 0.15) is 35.4 Å². The van der Waals surface area contributed by atoms with Crippen molar-refractivity contribution < 1.29 is 33.6 Å². The number of nitrogens with zero attached hydrogens (tertiary/aromatic N) is 1. The van der Waals surface area contributed by atoms with E-state index in [0.29, 0.717) is 37.5 Å². The number of carbonyl (C=O) groups is 1. The molecule has 4 aromatic rings. The molecule has 1 aliphatic rings. The summed E-state index contributed by atoms with van der Waals surface area (Å²) >= 11 is 0. The molecule has 4 atom stereocenters. The van der Waals surface area contributed by atoms with Crippen molar-refractivity contribution in [1.82, 2.24) is 14.9 Å². The largest absolute Gasteiger partial charge is 0.497 e. The Bertz CT molecular complexity index is 1940. The Labute approximate surface area is 367 Å². The minimum Gasteiger partial charge on any atom is -0.497 e. The van der Waals surface area contributed by atoms with Gasteiger partial charge >= 0.3 is 5.69 Å². The van der Waals surface area contributed by atoms with Crippen molar-refractivity contribution in [1.29, 1.82) is 0 Å². The lowest BCUT2D eigenvalue weighted by Gasteiger charge is -2.37. The molecule has 62 heavy (non-hydrogen) atoms. The molecule has 0 radical (unpaired) electrons. The number of nitrogens with one attached hydrogen (secondary N) is 2. The lowest BCUT2D eigenvalue weighted by atomic mass is 9.80. The highest BCUT2D eigenvalue weighted by molar-refractivity contribution is 5.75. The van der Waals surface area contributed by atoms with Crippen LogP contribution in [0.3, 0.4) is 0 Å². The number of rotatable bonds is 29. The summed E-state index contributed by atoms with van der Waals surface area (Å²) in [5.74, 6) is 1.49. The van der Waals surface area contributed by atoms with Crippen LogP contribution in [0.15, 0.2) is 101 Å². The van der Waals surface area contributed by atoms with E-state index >= 15 is 0 Å². The number of ether oxygens (including phenoxy) is 5. The molecule has 3 N–H and O–H groups in total. The third-order valence-electron chi connectivity index (χ3n) is 11.8. The minimum atomic E-state index is -1.19. The minimum absolute atomic E-state index is 0.0897. The number of unbranched alkanes of at least 4 members (excludes halogenated alkanes) is 13. The van der Waals surface area contributed by atoms with Crippen LogP contribution in [0.5, 0.6) is 11.5 Å². The average molecular weight is 856 g/mol. The second-order valence-corrected chi connectivity index (χ2v) is 16.3. The highest BCUT2D eigenvalue weighted by Crippen LogP contribution is 2.43. The van der Waals surface area contributed by atoms with E-state index in [0.717, 1.165) is 48.8 Å². The quantitative estimate of drug-likeness (QED) is 0.0361. The van der Waals surface area contributed by atoms with Crippen LogP contribution in [0.25, 0.3) is 0 Å². The van der Waals surface area contributed by atoms with Crippen LogP contribution >= 0.6 is 0 Å². The summed E-state index contributed by atoms with van der Waals surface area (Å²) in [7, 11) is 3.23. The van der Waals surface area contributed by atoms with Crippen LogP contribution in [-0.4, -0.2) is 72.9 Å². The van der Waals surface area contributed by atoms with Crippen LogP contribution in [-0.2, 0) is 24.6 Å². The van der Waals surface area contributed by atoms with Crippen molar-refractivity contribution in [3.63, 3.8) is 0 Å². The van der Waals surface area contributed by atoms with E-state index in [-0.39, 0.29) is 12.5 Å². The second-order valence-electron chi connectivity index (χ2n) is 16.3. The fraction of sp³-hybridized carbons (Fsp3) is 0.540. The molecule has 1 aromatic heterocycles. The highest BCUT2D eigenvalue weighted by Gasteiger charge is 2.48. The van der Waals surface area contributed by atoms with E-state index < -0.39 is 41.4 Å². The van der Waals surface area contributed by atoms with Gasteiger partial charge < -0.3 is 34.1 Å². The molecular formula is C50H69N3O9. The molecule has 1 aliphatic heterocycles. The van der Waals surface area contributed by atoms with Crippen molar-refractivity contribution in [2.24, 2.45) is 0 Å². The summed E-state index contributed by atoms with van der Waals surface area (Å²) < 4.78 is 32.0. The van der Waals surface area contributed by atoms with E-state index in [1.165, 1.54) is 74.6 Å². The van der Waals surface area contributed by atoms with Crippen molar-refractivity contribution in [3.8, 4) is 11.5 Å². The molecule has 3 aromatic carbocycles. The molecular weight excluding hydrogens is 787 g/mol. The van der Waals surface area contributed by atoms with Gasteiger partial charge in [0.25, 0.3) is 5.56 Å². The molecule has 1 unspecified atom stereocenters. The fourth-order valence-corrected chi connectivity index (χ4v) is 8.24. The topological polar surface area (TPSA) is 150 Å². The number of aromatic nitrogens is 2. The van der Waals surface area contributed by atoms with Gasteiger partial charge in [0.05, 0.1) is 20.8 Å². The van der Waals surface area contributed by atoms with Gasteiger partial charge in [-0.15, -0.1) is 0 Å². The molecule has 12 nitrogen and oxygen atoms in total. The number of aromatic amines is 1. The zero-order valence-electron chi connectivity index (χ0n) is 37.1. The van der Waals surface area contributed by atoms with Gasteiger partial charge in [-0.05, 0) is 60.2 Å². The van der Waals surface area contributed by atoms with E-state index in [1.54, 1.807) is 14.2 Å². The fourth-order valence-electron chi connectivity index (χ4n) is 8.24. The standard InChI is InChI=1S/C50H69N3O9/c1-4-5-6-7-8-9-10-11-12-13-19-24-44(54)51-34-20-14-15-21-36-60-47-46(56)43(62-48(47)53-35-33-45(55)52-49(53)57)37-61-50(38-22-17-16-18-23-38,39-25-29-41(58-2)30-26-39)40-27-31-42(59-3)32-28-40/h16-18,22-23,25-33,35,43,46-48,56H,4-15,19-21,24,34,36-37H2,1-3H3,(H,51,54)(H,52,55,57)/t43-,46?,47+,48-/m1/s1. The number of benzene rings is 3. The highest BCUT2D eigenvalue weighted by atomic mass is 16.6. The van der Waals surface area contributed by atoms with E-state index in [1.807, 2.05) is 78.9 Å². The number of hydrogen-bond donors (Lipinski definition) is 3. The number of amides is 1. The van der Waals surface area contributed by atoms with Gasteiger partial charge in [-0.3, -0.25) is 19.1 Å². The Morgan fingerprint density at radius 3 is 1.85 bits per heavy atom. The molecule has 1 amide bonds. The zero-order chi connectivity index (χ0) is 44.0. The number of H-pyrrole nitrogens is 1. The first-order valence-electron chi connectivity index (χ1n) is 22.8. The van der Waals surface area contributed by atoms with Crippen molar-refractivity contribution in [3.05, 3.63) is 129 Å². The third kappa shape index (κ3) is 13.9. The van der Waals surface area contributed by atoms with Crippen molar-refractivity contribution in [2.45, 2.75) is 140 Å². The van der Waals surface area contributed by atoms with Crippen LogP contribution in [0.1, 0.15) is 133 Å². The van der Waals surface area contributed by atoms with E-state index in [9.17, 15) is 19.5 Å². The van der Waals surface area contributed by atoms with Crippen molar-refractivity contribution >= 4 is 5.91 Å². The number of hydrogen-bond acceptors (Lipinski definition) is 9. The molecule has 0 saturated carbocycles. The maximum Gasteiger partial charge on any atom is 0.330 e. The summed E-state index contributed by atoms with van der Waals surface area (Å²) in [6.07, 6.45) is 15.1. The lowest BCUT2D eigenvalue weighted by molar-refractivity contribution is -0.121. The Kier molecular flexibility index (Phi) is 20.3. The second kappa shape index (κ2) is 26.0. The van der Waals surface area contributed by atoms with Gasteiger partial charge in [-0.2, -0.15) is 0 Å². The molecule has 5 rings (SSSR count). The van der Waals surface area contributed by atoms with Gasteiger partial charge in [-0.25, -0.2) is 4.79 Å². The molecule has 0 bridgehead atoms. The molecule has 0 aliphatic carbocycles. The molecule has 1 fully saturated rings. The molecule has 1 saturated heterocycles. The van der Waals surface area contributed by atoms with Gasteiger partial charge in [-0.1, -0.05) is 139 Å². The van der Waals surface area contributed by atoms with Crippen LogP contribution < -0.4 is 26.0 Å². The Morgan fingerprint density at radius 2 is 1.27 bits per heavy atom. The maximum atomic E-state index is 13.1. The first-order chi connectivity index (χ1) is 30.3. The predicted octanol–water partition coefficient (Wildman–Crippen LogP) is 8.58. The zero-order valence-corrected chi connectivity index (χ0v) is 37.1. The van der Waals surface area contributed by atoms with Gasteiger partial charge in [0.15, 0.2) is 6.23 Å². The van der Waals surface area contributed by atoms with Gasteiger partial charge in [0.2, 0.25) is 5.91 Å². The van der Waals surface area contributed by atoms with E-state index in [2.05, 4.69) is 17.2 Å². The normalized spacial score (nSPS) is 17.5. The number of carbonyl (C=O) groups excluding carboxylic acids is 1. The average Bonchev–Trinajstić information content (AvgIpc) is 3.60. The molecule has 2 heterocycles. The van der Waals surface area contributed by atoms with E-state index in [4.69, 9.17) is 23.7 Å². The van der Waals surface area contributed by atoms with Crippen LogP contribution in [0.4, 0.5) is 0 Å². The number of methoxy groups -OCH3 is 2. The Balaban J connectivity index is 1.16. The number of aliphatic hydroxyl groups excluding tert-OH is 1. The summed E-state index contributed by atoms with van der Waals surface area (Å²) in [6, 6.07) is 26.3. The van der Waals surface area contributed by atoms with Crippen LogP contribution in [0, 0.1) is 0 Å². The SMILES string of the molecule is CCCCCCCCCCCCCC(=O)NCCCCCCO[C@H]1C(O)[C@@H](COC(c2ccccc2)(c2ccc(OC)cc2)c2ccc(OC)cc2)O[C@H]1n1ccc(=O)[nH]c1=O. The smallest absolute Gasteiger partial charge is 0.330 e. The molecule has 338 valence electrons. The number of aliphatic hydroxyl groups is 1. The summed E-state index contributed by atoms with van der Waals surface area (Å²) in [5, 5.41) is 14.9. The maximum absolute atomic E-state index is 13.1.